The Labute approximate surface area is 126 Å². The molecular weight excluding hydrogens is 270 g/mol. The van der Waals surface area contributed by atoms with Crippen LogP contribution >= 0.6 is 0 Å². The normalized spacial score (nSPS) is 27.7. The second-order valence-electron chi connectivity index (χ2n) is 7.02. The van der Waals surface area contributed by atoms with Crippen LogP contribution in [-0.2, 0) is 9.53 Å². The second kappa shape index (κ2) is 6.22. The fraction of sp³-hybridized carbons (Fsp3) is 0.867. The first-order valence-electron chi connectivity index (χ1n) is 7.81. The van der Waals surface area contributed by atoms with Gasteiger partial charge in [0.2, 0.25) is 5.91 Å². The number of likely N-dealkylation sites (tertiary alicyclic amines) is 2. The van der Waals surface area contributed by atoms with Gasteiger partial charge in [-0.3, -0.25) is 9.69 Å². The van der Waals surface area contributed by atoms with E-state index in [9.17, 15) is 9.59 Å². The molecule has 0 saturated carbocycles. The third kappa shape index (κ3) is 4.09. The summed E-state index contributed by atoms with van der Waals surface area (Å²) in [6.45, 7) is 7.85. The third-order valence-electron chi connectivity index (χ3n) is 4.14. The monoisotopic (exact) mass is 297 g/mol. The van der Waals surface area contributed by atoms with Gasteiger partial charge in [0.25, 0.3) is 0 Å². The van der Waals surface area contributed by atoms with Crippen LogP contribution in [-0.4, -0.2) is 59.1 Å². The summed E-state index contributed by atoms with van der Waals surface area (Å²) in [5.74, 6) is -0.248. The van der Waals surface area contributed by atoms with Crippen molar-refractivity contribution in [3.05, 3.63) is 0 Å². The molecule has 2 fully saturated rings. The van der Waals surface area contributed by atoms with Gasteiger partial charge >= 0.3 is 6.09 Å². The van der Waals surface area contributed by atoms with Gasteiger partial charge < -0.3 is 15.4 Å². The van der Waals surface area contributed by atoms with Gasteiger partial charge in [0.05, 0.1) is 6.04 Å². The lowest BCUT2D eigenvalue weighted by atomic mass is 10.0. The van der Waals surface area contributed by atoms with Gasteiger partial charge in [-0.15, -0.1) is 0 Å². The minimum absolute atomic E-state index is 0.173. The van der Waals surface area contributed by atoms with Crippen LogP contribution in [0, 0.1) is 0 Å². The molecule has 2 aliphatic rings. The maximum absolute atomic E-state index is 12.2. The number of amides is 2. The fourth-order valence-corrected chi connectivity index (χ4v) is 3.25. The smallest absolute Gasteiger partial charge is 0.410 e. The molecule has 0 aromatic carbocycles. The molecule has 2 aliphatic heterocycles. The van der Waals surface area contributed by atoms with Crippen LogP contribution in [0.5, 0.6) is 0 Å². The van der Waals surface area contributed by atoms with Gasteiger partial charge in [-0.1, -0.05) is 0 Å². The second-order valence-corrected chi connectivity index (χ2v) is 7.02. The van der Waals surface area contributed by atoms with E-state index in [0.29, 0.717) is 6.54 Å². The number of hydrogen-bond acceptors (Lipinski definition) is 4. The quantitative estimate of drug-likeness (QED) is 0.834. The summed E-state index contributed by atoms with van der Waals surface area (Å²) in [5, 5.41) is 0. The molecule has 6 nitrogen and oxygen atoms in total. The van der Waals surface area contributed by atoms with E-state index in [-0.39, 0.29) is 24.1 Å². The van der Waals surface area contributed by atoms with Crippen molar-refractivity contribution in [2.75, 3.05) is 19.6 Å². The van der Waals surface area contributed by atoms with Crippen molar-refractivity contribution in [2.24, 2.45) is 5.73 Å². The molecule has 0 spiro atoms. The van der Waals surface area contributed by atoms with E-state index in [4.69, 9.17) is 10.5 Å². The van der Waals surface area contributed by atoms with Crippen LogP contribution in [0.1, 0.15) is 46.5 Å². The maximum Gasteiger partial charge on any atom is 0.410 e. The van der Waals surface area contributed by atoms with Crippen LogP contribution in [0.2, 0.25) is 0 Å². The number of primary amides is 1. The topological polar surface area (TPSA) is 75.9 Å². The average Bonchev–Trinajstić information content (AvgIpc) is 2.86. The fourth-order valence-electron chi connectivity index (χ4n) is 3.25. The zero-order valence-corrected chi connectivity index (χ0v) is 13.3. The first-order valence-corrected chi connectivity index (χ1v) is 7.81. The number of hydrogen-bond donors (Lipinski definition) is 1. The number of ether oxygens (including phenoxy) is 1. The van der Waals surface area contributed by atoms with Crippen molar-refractivity contribution in [3.8, 4) is 0 Å². The van der Waals surface area contributed by atoms with E-state index < -0.39 is 5.60 Å². The number of rotatable bonds is 2. The molecule has 0 bridgehead atoms. The summed E-state index contributed by atoms with van der Waals surface area (Å²) in [4.78, 5) is 27.7. The number of nitrogens with two attached hydrogens (primary N) is 1. The molecule has 0 aliphatic carbocycles. The number of carbonyl (C=O) groups excluding carboxylic acids is 2. The molecule has 0 aromatic heterocycles. The predicted octanol–water partition coefficient (Wildman–Crippen LogP) is 1.34. The average molecular weight is 297 g/mol. The van der Waals surface area contributed by atoms with Crippen LogP contribution < -0.4 is 5.73 Å². The summed E-state index contributed by atoms with van der Waals surface area (Å²) < 4.78 is 5.44. The number of carbonyl (C=O) groups is 2. The van der Waals surface area contributed by atoms with Gasteiger partial charge in [-0.2, -0.15) is 0 Å². The summed E-state index contributed by atoms with van der Waals surface area (Å²) in [7, 11) is 0. The lowest BCUT2D eigenvalue weighted by Gasteiger charge is -2.39. The molecule has 2 atom stereocenters. The van der Waals surface area contributed by atoms with Gasteiger partial charge in [0.1, 0.15) is 5.60 Å². The van der Waals surface area contributed by atoms with Crippen molar-refractivity contribution in [1.82, 2.24) is 9.80 Å². The van der Waals surface area contributed by atoms with E-state index >= 15 is 0 Å². The summed E-state index contributed by atoms with van der Waals surface area (Å²) >= 11 is 0. The van der Waals surface area contributed by atoms with Crippen molar-refractivity contribution in [3.63, 3.8) is 0 Å². The van der Waals surface area contributed by atoms with E-state index in [1.54, 1.807) is 4.90 Å². The van der Waals surface area contributed by atoms with E-state index in [2.05, 4.69) is 4.90 Å². The van der Waals surface area contributed by atoms with E-state index in [0.717, 1.165) is 38.8 Å². The highest BCUT2D eigenvalue weighted by atomic mass is 16.6. The first-order chi connectivity index (χ1) is 9.78. The van der Waals surface area contributed by atoms with Crippen LogP contribution in [0.4, 0.5) is 4.79 Å². The Morgan fingerprint density at radius 3 is 2.43 bits per heavy atom. The van der Waals surface area contributed by atoms with E-state index in [1.807, 2.05) is 20.8 Å². The number of nitrogens with zero attached hydrogens (tertiary/aromatic N) is 2. The van der Waals surface area contributed by atoms with Gasteiger partial charge in [-0.05, 0) is 53.0 Å². The summed E-state index contributed by atoms with van der Waals surface area (Å²) in [6, 6.07) is 0.0415. The minimum Gasteiger partial charge on any atom is -0.444 e. The standard InChI is InChI=1S/C15H27N3O3/c1-15(2,3)21-14(20)17-8-4-6-11(10-17)18-9-5-7-12(18)13(16)19/h11-12H,4-10H2,1-3H3,(H2,16,19)/t11-,12+/m1/s1. The summed E-state index contributed by atoms with van der Waals surface area (Å²) in [6.07, 6.45) is 3.51. The van der Waals surface area contributed by atoms with Crippen molar-refractivity contribution in [1.29, 1.82) is 0 Å². The molecule has 6 heteroatoms. The zero-order valence-electron chi connectivity index (χ0n) is 13.3. The molecule has 2 heterocycles. The Kier molecular flexibility index (Phi) is 4.76. The number of piperidine rings is 1. The van der Waals surface area contributed by atoms with Gasteiger partial charge in [0, 0.05) is 19.1 Å². The van der Waals surface area contributed by atoms with Crippen LogP contribution in [0.3, 0.4) is 0 Å². The molecule has 0 radical (unpaired) electrons. The van der Waals surface area contributed by atoms with Crippen molar-refractivity contribution < 1.29 is 14.3 Å². The lowest BCUT2D eigenvalue weighted by molar-refractivity contribution is -0.123. The zero-order chi connectivity index (χ0) is 15.6. The molecule has 2 amide bonds. The molecule has 0 unspecified atom stereocenters. The first kappa shape index (κ1) is 16.1. The molecule has 2 saturated heterocycles. The summed E-state index contributed by atoms with van der Waals surface area (Å²) in [5.41, 5.74) is 5.01. The van der Waals surface area contributed by atoms with Crippen molar-refractivity contribution >= 4 is 12.0 Å². The Balaban J connectivity index is 1.97. The molecule has 2 rings (SSSR count). The largest absolute Gasteiger partial charge is 0.444 e. The van der Waals surface area contributed by atoms with Gasteiger partial charge in [0.15, 0.2) is 0 Å². The highest BCUT2D eigenvalue weighted by Crippen LogP contribution is 2.26. The highest BCUT2D eigenvalue weighted by Gasteiger charge is 2.37. The van der Waals surface area contributed by atoms with Crippen LogP contribution in [0.15, 0.2) is 0 Å². The lowest BCUT2D eigenvalue weighted by Crippen LogP contribution is -2.54. The SMILES string of the molecule is CC(C)(C)OC(=O)N1CCC[C@@H](N2CCC[C@H]2C(N)=O)C1. The Hall–Kier alpha value is -1.30. The molecule has 120 valence electrons. The van der Waals surface area contributed by atoms with E-state index in [1.165, 1.54) is 0 Å². The molecule has 0 aromatic rings. The molecular formula is C15H27N3O3. The highest BCUT2D eigenvalue weighted by molar-refractivity contribution is 5.80. The minimum atomic E-state index is -0.479. The predicted molar refractivity (Wildman–Crippen MR) is 79.8 cm³/mol. The molecule has 21 heavy (non-hydrogen) atoms. The maximum atomic E-state index is 12.2. The Morgan fingerprint density at radius 1 is 1.14 bits per heavy atom. The third-order valence-corrected chi connectivity index (χ3v) is 4.14. The van der Waals surface area contributed by atoms with Gasteiger partial charge in [-0.25, -0.2) is 4.79 Å². The van der Waals surface area contributed by atoms with Crippen LogP contribution in [0.25, 0.3) is 0 Å². The van der Waals surface area contributed by atoms with Crippen molar-refractivity contribution in [2.45, 2.75) is 64.1 Å². The Bertz CT molecular complexity index is 405. The molecule has 2 N–H and O–H groups in total. The Morgan fingerprint density at radius 2 is 1.81 bits per heavy atom.